The molecule has 1 fully saturated rings. The highest BCUT2D eigenvalue weighted by molar-refractivity contribution is 6.00. The number of carbonyl (C=O) groups excluding carboxylic acids is 2. The Labute approximate surface area is 152 Å². The molecule has 2 amide bonds. The molecule has 1 atom stereocenters. The summed E-state index contributed by atoms with van der Waals surface area (Å²) in [6.45, 7) is 4.41. The second-order valence-electron chi connectivity index (χ2n) is 6.45. The van der Waals surface area contributed by atoms with Crippen LogP contribution < -0.4 is 15.0 Å². The first-order chi connectivity index (χ1) is 12.5. The molecule has 1 aromatic heterocycles. The van der Waals surface area contributed by atoms with E-state index in [1.54, 1.807) is 16.6 Å². The van der Waals surface area contributed by atoms with Gasteiger partial charge >= 0.3 is 0 Å². The number of hydrogen-bond donors (Lipinski definition) is 1. The van der Waals surface area contributed by atoms with Gasteiger partial charge in [-0.15, -0.1) is 0 Å². The lowest BCUT2D eigenvalue weighted by atomic mass is 10.2. The predicted octanol–water partition coefficient (Wildman–Crippen LogP) is 1.59. The number of aromatic nitrogens is 2. The number of rotatable bonds is 6. The lowest BCUT2D eigenvalue weighted by Gasteiger charge is -2.17. The van der Waals surface area contributed by atoms with Crippen molar-refractivity contribution in [3.8, 4) is 5.75 Å². The molecule has 0 aliphatic carbocycles. The molecule has 0 unspecified atom stereocenters. The second-order valence-corrected chi connectivity index (χ2v) is 6.45. The Morgan fingerprint density at radius 1 is 1.35 bits per heavy atom. The van der Waals surface area contributed by atoms with Gasteiger partial charge in [0.05, 0.1) is 5.69 Å². The molecule has 1 N–H and O–H groups in total. The fourth-order valence-electron chi connectivity index (χ4n) is 3.10. The zero-order valence-electron chi connectivity index (χ0n) is 15.4. The summed E-state index contributed by atoms with van der Waals surface area (Å²) < 4.78 is 7.18. The first-order valence-electron chi connectivity index (χ1n) is 8.81. The molecule has 7 nitrogen and oxygen atoms in total. The minimum absolute atomic E-state index is 0.111. The summed E-state index contributed by atoms with van der Waals surface area (Å²) in [7, 11) is 1.80. The van der Waals surface area contributed by atoms with Crippen molar-refractivity contribution < 1.29 is 14.3 Å². The van der Waals surface area contributed by atoms with Crippen LogP contribution in [0.25, 0.3) is 0 Å². The Hall–Kier alpha value is -2.83. The van der Waals surface area contributed by atoms with Gasteiger partial charge in [0.15, 0.2) is 6.61 Å². The molecule has 26 heavy (non-hydrogen) atoms. The number of nitrogens with zero attached hydrogens (tertiary/aromatic N) is 3. The summed E-state index contributed by atoms with van der Waals surface area (Å²) in [6, 6.07) is 8.98. The lowest BCUT2D eigenvalue weighted by molar-refractivity contribution is -0.127. The molecule has 0 radical (unpaired) electrons. The number of carbonyl (C=O) groups is 2. The van der Waals surface area contributed by atoms with Crippen molar-refractivity contribution in [2.24, 2.45) is 7.05 Å². The molecule has 0 spiro atoms. The fourth-order valence-corrected chi connectivity index (χ4v) is 3.10. The van der Waals surface area contributed by atoms with Crippen LogP contribution in [0, 0.1) is 6.92 Å². The van der Waals surface area contributed by atoms with Crippen molar-refractivity contribution in [3.05, 3.63) is 41.6 Å². The molecule has 0 saturated carbocycles. The minimum atomic E-state index is -0.524. The molecular formula is C19H24N4O3. The third kappa shape index (κ3) is 3.87. The van der Waals surface area contributed by atoms with Gasteiger partial charge in [-0.05, 0) is 37.5 Å². The highest BCUT2D eigenvalue weighted by atomic mass is 16.5. The van der Waals surface area contributed by atoms with E-state index >= 15 is 0 Å². The maximum atomic E-state index is 12.6. The van der Waals surface area contributed by atoms with Gasteiger partial charge in [-0.2, -0.15) is 5.10 Å². The zero-order chi connectivity index (χ0) is 18.7. The summed E-state index contributed by atoms with van der Waals surface area (Å²) in [5.41, 5.74) is 2.06. The Morgan fingerprint density at radius 2 is 2.08 bits per heavy atom. The Balaban J connectivity index is 1.53. The maximum Gasteiger partial charge on any atom is 0.258 e. The minimum Gasteiger partial charge on any atom is -0.484 e. The van der Waals surface area contributed by atoms with Crippen molar-refractivity contribution in [2.45, 2.75) is 32.7 Å². The number of amides is 2. The average molecular weight is 356 g/mol. The molecule has 0 bridgehead atoms. The molecule has 7 heteroatoms. The standard InChI is InChI=1S/C19H24N4O3/c1-4-14-5-7-15(8-6-14)26-12-17(24)20-16-9-10-23(19(16)25)18-11-13(2)21-22(18)3/h5-8,11,16H,4,9-10,12H2,1-3H3,(H,20,24)/t16-/m1/s1. The number of anilines is 1. The molecule has 2 heterocycles. The predicted molar refractivity (Wildman–Crippen MR) is 98.2 cm³/mol. The number of nitrogens with one attached hydrogen (secondary N) is 1. The summed E-state index contributed by atoms with van der Waals surface area (Å²) >= 11 is 0. The molecular weight excluding hydrogens is 332 g/mol. The summed E-state index contributed by atoms with van der Waals surface area (Å²) in [6.07, 6.45) is 1.53. The van der Waals surface area contributed by atoms with E-state index in [4.69, 9.17) is 4.74 Å². The van der Waals surface area contributed by atoms with E-state index in [0.717, 1.165) is 17.9 Å². The molecule has 1 saturated heterocycles. The fraction of sp³-hybridized carbons (Fsp3) is 0.421. The number of hydrogen-bond acceptors (Lipinski definition) is 4. The van der Waals surface area contributed by atoms with Crippen molar-refractivity contribution in [2.75, 3.05) is 18.1 Å². The third-order valence-corrected chi connectivity index (χ3v) is 4.50. The molecule has 3 rings (SSSR count). The van der Waals surface area contributed by atoms with Gasteiger partial charge < -0.3 is 10.1 Å². The summed E-state index contributed by atoms with van der Waals surface area (Å²) in [5.74, 6) is 0.971. The normalized spacial score (nSPS) is 16.8. The van der Waals surface area contributed by atoms with Gasteiger partial charge in [0, 0.05) is 19.7 Å². The SMILES string of the molecule is CCc1ccc(OCC(=O)N[C@@H]2CCN(c3cc(C)nn3C)C2=O)cc1. The first-order valence-corrected chi connectivity index (χ1v) is 8.81. The van der Waals surface area contributed by atoms with Crippen molar-refractivity contribution in [3.63, 3.8) is 0 Å². The molecule has 1 aromatic carbocycles. The van der Waals surface area contributed by atoms with Crippen LogP contribution in [-0.4, -0.2) is 40.8 Å². The van der Waals surface area contributed by atoms with E-state index in [2.05, 4.69) is 17.3 Å². The number of ether oxygens (including phenoxy) is 1. The average Bonchev–Trinajstić information content (AvgIpc) is 3.15. The zero-order valence-corrected chi connectivity index (χ0v) is 15.4. The number of aryl methyl sites for hydroxylation is 3. The van der Waals surface area contributed by atoms with Gasteiger partial charge in [0.25, 0.3) is 11.8 Å². The van der Waals surface area contributed by atoms with E-state index in [9.17, 15) is 9.59 Å². The maximum absolute atomic E-state index is 12.6. The Kier molecular flexibility index (Phi) is 5.25. The second kappa shape index (κ2) is 7.59. The van der Waals surface area contributed by atoms with E-state index < -0.39 is 6.04 Å². The quantitative estimate of drug-likeness (QED) is 0.853. The summed E-state index contributed by atoms with van der Waals surface area (Å²) in [5, 5.41) is 7.03. The smallest absolute Gasteiger partial charge is 0.258 e. The van der Waals surface area contributed by atoms with Crippen LogP contribution in [0.15, 0.2) is 30.3 Å². The monoisotopic (exact) mass is 356 g/mol. The van der Waals surface area contributed by atoms with Gasteiger partial charge in [0.1, 0.15) is 17.6 Å². The van der Waals surface area contributed by atoms with Crippen LogP contribution in [0.1, 0.15) is 24.6 Å². The van der Waals surface area contributed by atoms with E-state index in [0.29, 0.717) is 18.7 Å². The van der Waals surface area contributed by atoms with E-state index in [1.165, 1.54) is 5.56 Å². The topological polar surface area (TPSA) is 76.5 Å². The Morgan fingerprint density at radius 3 is 2.69 bits per heavy atom. The van der Waals surface area contributed by atoms with Crippen LogP contribution in [-0.2, 0) is 23.1 Å². The van der Waals surface area contributed by atoms with Gasteiger partial charge in [0.2, 0.25) is 0 Å². The Bertz CT molecular complexity index is 798. The van der Waals surface area contributed by atoms with Crippen LogP contribution >= 0.6 is 0 Å². The van der Waals surface area contributed by atoms with Crippen LogP contribution in [0.2, 0.25) is 0 Å². The van der Waals surface area contributed by atoms with Crippen LogP contribution in [0.5, 0.6) is 5.75 Å². The molecule has 2 aromatic rings. The highest BCUT2D eigenvalue weighted by Crippen LogP contribution is 2.22. The van der Waals surface area contributed by atoms with E-state index in [1.807, 2.05) is 37.3 Å². The van der Waals surface area contributed by atoms with Crippen LogP contribution in [0.4, 0.5) is 5.82 Å². The number of benzene rings is 1. The first kappa shape index (κ1) is 18.0. The molecule has 1 aliphatic heterocycles. The van der Waals surface area contributed by atoms with Crippen molar-refractivity contribution >= 4 is 17.6 Å². The van der Waals surface area contributed by atoms with E-state index in [-0.39, 0.29) is 18.4 Å². The van der Waals surface area contributed by atoms with Gasteiger partial charge in [-0.25, -0.2) is 0 Å². The molecule has 1 aliphatic rings. The van der Waals surface area contributed by atoms with Crippen LogP contribution in [0.3, 0.4) is 0 Å². The summed E-state index contributed by atoms with van der Waals surface area (Å²) in [4.78, 5) is 26.4. The highest BCUT2D eigenvalue weighted by Gasteiger charge is 2.35. The van der Waals surface area contributed by atoms with Crippen molar-refractivity contribution in [1.29, 1.82) is 0 Å². The molecule has 138 valence electrons. The van der Waals surface area contributed by atoms with Crippen molar-refractivity contribution in [1.82, 2.24) is 15.1 Å². The lowest BCUT2D eigenvalue weighted by Crippen LogP contribution is -2.43. The third-order valence-electron chi connectivity index (χ3n) is 4.50. The van der Waals surface area contributed by atoms with Gasteiger partial charge in [-0.3, -0.25) is 19.2 Å². The largest absolute Gasteiger partial charge is 0.484 e. The van der Waals surface area contributed by atoms with Gasteiger partial charge in [-0.1, -0.05) is 19.1 Å².